The van der Waals surface area contributed by atoms with Crippen LogP contribution in [0.15, 0.2) is 0 Å². The van der Waals surface area contributed by atoms with Gasteiger partial charge in [0, 0.05) is 13.1 Å². The quantitative estimate of drug-likeness (QED) is 0.418. The maximum atomic E-state index is 10.8. The zero-order valence-corrected chi connectivity index (χ0v) is 6.59. The molecule has 0 aromatic carbocycles. The van der Waals surface area contributed by atoms with Gasteiger partial charge in [-0.1, -0.05) is 0 Å². The predicted molar refractivity (Wildman–Crippen MR) is 43.9 cm³/mol. The van der Waals surface area contributed by atoms with E-state index in [1.54, 1.807) is 0 Å². The van der Waals surface area contributed by atoms with Gasteiger partial charge in [-0.15, -0.1) is 6.42 Å². The van der Waals surface area contributed by atoms with E-state index in [-0.39, 0.29) is 12.5 Å². The molecule has 0 rings (SSSR count). The minimum atomic E-state index is -0.599. The van der Waals surface area contributed by atoms with Crippen LogP contribution in [0.25, 0.3) is 0 Å². The molecule has 0 bridgehead atoms. The van der Waals surface area contributed by atoms with Crippen molar-refractivity contribution in [3.8, 4) is 12.3 Å². The Labute approximate surface area is 70.7 Å². The van der Waals surface area contributed by atoms with Crippen molar-refractivity contribution in [2.75, 3.05) is 19.6 Å². The largest absolute Gasteiger partial charge is 0.353 e. The van der Waals surface area contributed by atoms with Crippen molar-refractivity contribution in [2.45, 2.75) is 0 Å². The molecular weight excluding hydrogens is 158 g/mol. The predicted octanol–water partition coefficient (Wildman–Crippen LogP) is -2.19. The lowest BCUT2D eigenvalue weighted by Crippen LogP contribution is -2.38. The fourth-order valence-electron chi connectivity index (χ4n) is 0.486. The second-order valence-electron chi connectivity index (χ2n) is 1.97. The van der Waals surface area contributed by atoms with E-state index in [1.165, 1.54) is 0 Å². The Hall–Kier alpha value is -1.54. The molecule has 0 heterocycles. The van der Waals surface area contributed by atoms with Gasteiger partial charge >= 0.3 is 0 Å². The molecule has 0 atom stereocenters. The molecule has 0 aliphatic rings. The minimum absolute atomic E-state index is 0.108. The van der Waals surface area contributed by atoms with E-state index in [0.717, 1.165) is 0 Å². The third-order valence-electron chi connectivity index (χ3n) is 1.01. The van der Waals surface area contributed by atoms with Crippen LogP contribution in [-0.4, -0.2) is 31.4 Å². The van der Waals surface area contributed by atoms with Crippen molar-refractivity contribution in [2.24, 2.45) is 5.73 Å². The first kappa shape index (κ1) is 10.5. The molecule has 0 saturated carbocycles. The van der Waals surface area contributed by atoms with Gasteiger partial charge in [0.2, 0.25) is 5.91 Å². The Balaban J connectivity index is 3.45. The van der Waals surface area contributed by atoms with E-state index in [1.807, 2.05) is 5.92 Å². The Kier molecular flexibility index (Phi) is 5.39. The molecule has 12 heavy (non-hydrogen) atoms. The highest BCUT2D eigenvalue weighted by Gasteiger charge is 2.00. The molecule has 5 heteroatoms. The van der Waals surface area contributed by atoms with Gasteiger partial charge in [-0.3, -0.25) is 9.59 Å². The first-order chi connectivity index (χ1) is 5.70. The van der Waals surface area contributed by atoms with Crippen LogP contribution in [0.5, 0.6) is 0 Å². The van der Waals surface area contributed by atoms with Crippen molar-refractivity contribution in [1.82, 2.24) is 10.6 Å². The van der Waals surface area contributed by atoms with Gasteiger partial charge < -0.3 is 16.4 Å². The molecule has 2 amide bonds. The van der Waals surface area contributed by atoms with Gasteiger partial charge in [0.1, 0.15) is 0 Å². The average molecular weight is 169 g/mol. The lowest BCUT2D eigenvalue weighted by atomic mass is 10.5. The smallest absolute Gasteiger partial charge is 0.296 e. The van der Waals surface area contributed by atoms with Crippen LogP contribution in [0.3, 0.4) is 0 Å². The van der Waals surface area contributed by atoms with E-state index in [9.17, 15) is 9.59 Å². The second kappa shape index (κ2) is 6.19. The number of rotatable bonds is 4. The molecule has 0 unspecified atom stereocenters. The maximum Gasteiger partial charge on any atom is 0.296 e. The number of terminal acetylenes is 1. The highest BCUT2D eigenvalue weighted by molar-refractivity contribution is 5.95. The molecular formula is C7H11N3O2. The normalized spacial score (nSPS) is 8.33. The van der Waals surface area contributed by atoms with Crippen LogP contribution >= 0.6 is 0 Å². The molecule has 0 aromatic rings. The SMILES string of the molecule is C#CC(=O)NCC(=O)NCCN. The molecule has 4 N–H and O–H groups in total. The number of carbonyl (C=O) groups is 2. The van der Waals surface area contributed by atoms with Crippen molar-refractivity contribution in [3.05, 3.63) is 0 Å². The summed E-state index contributed by atoms with van der Waals surface area (Å²) in [4.78, 5) is 21.2. The molecule has 0 saturated heterocycles. The summed E-state index contributed by atoms with van der Waals surface area (Å²) < 4.78 is 0. The van der Waals surface area contributed by atoms with Gasteiger partial charge in [-0.2, -0.15) is 0 Å². The fraction of sp³-hybridized carbons (Fsp3) is 0.429. The third-order valence-corrected chi connectivity index (χ3v) is 1.01. The standard InChI is InChI=1S/C7H11N3O2/c1-2-6(11)10-5-7(12)9-4-3-8/h1H,3-5,8H2,(H,9,12)(H,10,11). The Morgan fingerprint density at radius 2 is 2.08 bits per heavy atom. The summed E-state index contributed by atoms with van der Waals surface area (Å²) in [7, 11) is 0. The zero-order chi connectivity index (χ0) is 9.40. The first-order valence-electron chi connectivity index (χ1n) is 3.42. The van der Waals surface area contributed by atoms with Crippen LogP contribution in [0.1, 0.15) is 0 Å². The van der Waals surface area contributed by atoms with Gasteiger partial charge in [-0.25, -0.2) is 0 Å². The number of hydrogen-bond acceptors (Lipinski definition) is 3. The Morgan fingerprint density at radius 1 is 1.42 bits per heavy atom. The van der Waals surface area contributed by atoms with Gasteiger partial charge in [0.05, 0.1) is 6.54 Å². The van der Waals surface area contributed by atoms with Crippen LogP contribution in [0, 0.1) is 12.3 Å². The summed E-state index contributed by atoms with van der Waals surface area (Å²) in [5.74, 6) is 0.921. The first-order valence-corrected chi connectivity index (χ1v) is 3.42. The number of carbonyl (C=O) groups excluding carboxylic acids is 2. The Morgan fingerprint density at radius 3 is 2.58 bits per heavy atom. The molecule has 0 spiro atoms. The van der Waals surface area contributed by atoms with E-state index in [4.69, 9.17) is 12.2 Å². The van der Waals surface area contributed by atoms with Crippen LogP contribution in [0.2, 0.25) is 0 Å². The molecule has 0 radical (unpaired) electrons. The average Bonchev–Trinajstić information content (AvgIpc) is 2.10. The summed E-state index contributed by atoms with van der Waals surface area (Å²) in [5.41, 5.74) is 5.12. The molecule has 0 aromatic heterocycles. The highest BCUT2D eigenvalue weighted by atomic mass is 16.2. The minimum Gasteiger partial charge on any atom is -0.353 e. The molecule has 66 valence electrons. The van der Waals surface area contributed by atoms with E-state index in [2.05, 4.69) is 10.6 Å². The molecule has 0 aliphatic heterocycles. The van der Waals surface area contributed by atoms with Gasteiger partial charge in [0.25, 0.3) is 5.91 Å². The van der Waals surface area contributed by atoms with Gasteiger partial charge in [-0.05, 0) is 5.92 Å². The van der Waals surface area contributed by atoms with Crippen molar-refractivity contribution in [3.63, 3.8) is 0 Å². The molecule has 0 aliphatic carbocycles. The summed E-state index contributed by atoms with van der Waals surface area (Å²) >= 11 is 0. The number of amides is 2. The number of nitrogens with two attached hydrogens (primary N) is 1. The summed E-state index contributed by atoms with van der Waals surface area (Å²) in [6.45, 7) is 0.655. The molecule has 0 fully saturated rings. The second-order valence-corrected chi connectivity index (χ2v) is 1.97. The lowest BCUT2D eigenvalue weighted by Gasteiger charge is -2.02. The monoisotopic (exact) mass is 169 g/mol. The van der Waals surface area contributed by atoms with Gasteiger partial charge in [0.15, 0.2) is 0 Å². The summed E-state index contributed by atoms with van der Waals surface area (Å²) in [6, 6.07) is 0. The summed E-state index contributed by atoms with van der Waals surface area (Å²) in [5, 5.41) is 4.68. The van der Waals surface area contributed by atoms with Crippen molar-refractivity contribution < 1.29 is 9.59 Å². The highest BCUT2D eigenvalue weighted by Crippen LogP contribution is 1.64. The molecule has 5 nitrogen and oxygen atoms in total. The van der Waals surface area contributed by atoms with E-state index in [0.29, 0.717) is 13.1 Å². The van der Waals surface area contributed by atoms with E-state index >= 15 is 0 Å². The Bertz CT molecular complexity index is 207. The zero-order valence-electron chi connectivity index (χ0n) is 6.59. The van der Waals surface area contributed by atoms with Crippen LogP contribution in [0.4, 0.5) is 0 Å². The topological polar surface area (TPSA) is 84.2 Å². The maximum absolute atomic E-state index is 10.8. The van der Waals surface area contributed by atoms with Crippen molar-refractivity contribution >= 4 is 11.8 Å². The van der Waals surface area contributed by atoms with Crippen LogP contribution in [-0.2, 0) is 9.59 Å². The fourth-order valence-corrected chi connectivity index (χ4v) is 0.486. The summed E-state index contributed by atoms with van der Waals surface area (Å²) in [6.07, 6.45) is 4.74. The lowest BCUT2D eigenvalue weighted by molar-refractivity contribution is -0.123. The number of hydrogen-bond donors (Lipinski definition) is 3. The van der Waals surface area contributed by atoms with Crippen LogP contribution < -0.4 is 16.4 Å². The third kappa shape index (κ3) is 5.26. The van der Waals surface area contributed by atoms with Crippen molar-refractivity contribution in [1.29, 1.82) is 0 Å². The number of nitrogens with one attached hydrogen (secondary N) is 2. The van der Waals surface area contributed by atoms with E-state index < -0.39 is 5.91 Å².